The van der Waals surface area contributed by atoms with Crippen LogP contribution in [0.25, 0.3) is 0 Å². The Kier molecular flexibility index (Phi) is 10.4. The first-order valence-electron chi connectivity index (χ1n) is 14.4. The maximum atomic E-state index is 15.1. The van der Waals surface area contributed by atoms with Gasteiger partial charge in [-0.1, -0.05) is 25.4 Å². The molecule has 2 aromatic rings. The molecule has 1 amide bonds. The molecule has 1 atom stereocenters. The molecule has 2 saturated carbocycles. The molecular formula is C29H31ClF7N3O6S. The number of piperidine rings is 1. The van der Waals surface area contributed by atoms with Gasteiger partial charge in [-0.3, -0.25) is 9.69 Å². The second kappa shape index (κ2) is 13.4. The van der Waals surface area contributed by atoms with Gasteiger partial charge in [-0.2, -0.15) is 26.3 Å². The number of amides is 1. The highest BCUT2D eigenvalue weighted by atomic mass is 35.5. The molecule has 9 nitrogen and oxygen atoms in total. The second-order valence-electron chi connectivity index (χ2n) is 12.4. The Morgan fingerprint density at radius 1 is 1.09 bits per heavy atom. The number of carboxylic acid groups (broad SMARTS) is 1. The van der Waals surface area contributed by atoms with Crippen molar-refractivity contribution in [2.45, 2.75) is 82.1 Å². The van der Waals surface area contributed by atoms with Crippen LogP contribution in [0.2, 0.25) is 5.02 Å². The molecule has 2 aliphatic carbocycles. The zero-order valence-electron chi connectivity index (χ0n) is 25.0. The number of hydrogen-bond acceptors (Lipinski definition) is 7. The number of hydrogen-bond donors (Lipinski definition) is 2. The number of nitrogens with one attached hydrogen (secondary N) is 1. The van der Waals surface area contributed by atoms with Crippen molar-refractivity contribution < 1.29 is 58.6 Å². The van der Waals surface area contributed by atoms with Crippen molar-refractivity contribution in [3.63, 3.8) is 0 Å². The van der Waals surface area contributed by atoms with E-state index in [2.05, 4.69) is 9.88 Å². The van der Waals surface area contributed by atoms with E-state index in [9.17, 15) is 39.6 Å². The first-order valence-corrected chi connectivity index (χ1v) is 16.3. The molecule has 3 fully saturated rings. The number of carboxylic acids is 1. The molecule has 1 aliphatic heterocycles. The van der Waals surface area contributed by atoms with E-state index in [1.165, 1.54) is 12.1 Å². The number of pyridine rings is 1. The van der Waals surface area contributed by atoms with Gasteiger partial charge in [0.1, 0.15) is 11.9 Å². The summed E-state index contributed by atoms with van der Waals surface area (Å²) in [6.07, 6.45) is -5.93. The van der Waals surface area contributed by atoms with Gasteiger partial charge in [-0.15, -0.1) is 0 Å². The molecule has 5 rings (SSSR count). The molecule has 2 N–H and O–H groups in total. The van der Waals surface area contributed by atoms with Gasteiger partial charge in [0.05, 0.1) is 27.6 Å². The van der Waals surface area contributed by atoms with Crippen molar-refractivity contribution >= 4 is 33.5 Å². The fraction of sp³-hybridized carbons (Fsp3) is 0.552. The Balaban J connectivity index is 0.000000644. The van der Waals surface area contributed by atoms with Crippen molar-refractivity contribution in [2.75, 3.05) is 13.1 Å². The molecule has 0 bridgehead atoms. The molecular weight excluding hydrogens is 687 g/mol. The van der Waals surface area contributed by atoms with E-state index >= 15 is 4.39 Å². The topological polar surface area (TPSA) is 126 Å². The lowest BCUT2D eigenvalue weighted by Crippen LogP contribution is -2.50. The third-order valence-corrected chi connectivity index (χ3v) is 10.1. The monoisotopic (exact) mass is 717 g/mol. The highest BCUT2D eigenvalue weighted by Gasteiger charge is 2.41. The number of aliphatic carboxylic acids is 1. The first kappa shape index (κ1) is 36.7. The standard InChI is InChI=1S/C27H30ClF4N3O4S.C2HF3O2/c1-26(2)14-35(8-7-23(26)39-24-11-20(27(30,31)32)21(28)12-33-24)13-16-9-22(29)19(10-18(16)15-3-4-15)25(36)34-40(37,38)17-5-6-17;3-2(4,5)1(6)7/h9-12,15,17,23H,3-8,13-14H2,1-2H3,(H,34,36);(H,6,7). The average Bonchev–Trinajstić information content (AvgIpc) is 3.83. The van der Waals surface area contributed by atoms with Crippen LogP contribution in [0.3, 0.4) is 0 Å². The molecule has 0 spiro atoms. The average molecular weight is 718 g/mol. The molecule has 0 radical (unpaired) electrons. The number of rotatable bonds is 8. The van der Waals surface area contributed by atoms with Gasteiger partial charge < -0.3 is 9.84 Å². The van der Waals surface area contributed by atoms with E-state index in [0.717, 1.165) is 36.2 Å². The lowest BCUT2D eigenvalue weighted by atomic mass is 9.80. The SMILES string of the molecule is CC1(C)CN(Cc2cc(F)c(C(=O)NS(=O)(=O)C3CC3)cc2C2CC2)CCC1Oc1cc(C(F)(F)F)c(Cl)cn1.O=C(O)C(F)(F)F. The summed E-state index contributed by atoms with van der Waals surface area (Å²) in [6.45, 7) is 5.35. The summed E-state index contributed by atoms with van der Waals surface area (Å²) in [7, 11) is -3.81. The lowest BCUT2D eigenvalue weighted by molar-refractivity contribution is -0.192. The Labute approximate surface area is 270 Å². The predicted molar refractivity (Wildman–Crippen MR) is 154 cm³/mol. The molecule has 18 heteroatoms. The third kappa shape index (κ3) is 9.47. The minimum absolute atomic E-state index is 0.154. The number of aromatic nitrogens is 1. The Morgan fingerprint density at radius 2 is 1.70 bits per heavy atom. The number of carbonyl (C=O) groups is 2. The molecule has 2 heterocycles. The summed E-state index contributed by atoms with van der Waals surface area (Å²) in [5.74, 6) is -4.47. The van der Waals surface area contributed by atoms with Crippen LogP contribution in [-0.4, -0.2) is 65.9 Å². The summed E-state index contributed by atoms with van der Waals surface area (Å²) in [5.41, 5.74) is -0.211. The zero-order chi connectivity index (χ0) is 35.1. The van der Waals surface area contributed by atoms with Crippen molar-refractivity contribution in [1.82, 2.24) is 14.6 Å². The van der Waals surface area contributed by atoms with Gasteiger partial charge in [0.25, 0.3) is 5.91 Å². The number of halogens is 8. The van der Waals surface area contributed by atoms with Crippen molar-refractivity contribution in [3.05, 3.63) is 57.5 Å². The number of nitrogens with zero attached hydrogens (tertiary/aromatic N) is 2. The number of carbonyl (C=O) groups excluding carboxylic acids is 1. The Morgan fingerprint density at radius 3 is 2.21 bits per heavy atom. The van der Waals surface area contributed by atoms with Crippen LogP contribution < -0.4 is 9.46 Å². The number of likely N-dealkylation sites (tertiary alicyclic amines) is 1. The zero-order valence-corrected chi connectivity index (χ0v) is 26.6. The van der Waals surface area contributed by atoms with Crippen molar-refractivity contribution in [2.24, 2.45) is 5.41 Å². The predicted octanol–water partition coefficient (Wildman–Crippen LogP) is 6.31. The highest BCUT2D eigenvalue weighted by molar-refractivity contribution is 7.91. The minimum Gasteiger partial charge on any atom is -0.475 e. The van der Waals surface area contributed by atoms with E-state index in [-0.39, 0.29) is 17.4 Å². The van der Waals surface area contributed by atoms with Gasteiger partial charge in [0, 0.05) is 31.1 Å². The summed E-state index contributed by atoms with van der Waals surface area (Å²) in [4.78, 5) is 27.6. The number of alkyl halides is 6. The van der Waals surface area contributed by atoms with Crippen molar-refractivity contribution in [1.29, 1.82) is 0 Å². The molecule has 47 heavy (non-hydrogen) atoms. The molecule has 3 aliphatic rings. The van der Waals surface area contributed by atoms with Crippen LogP contribution in [0.5, 0.6) is 5.88 Å². The normalized spacial score (nSPS) is 20.2. The van der Waals surface area contributed by atoms with Gasteiger partial charge in [-0.05, 0) is 61.3 Å². The minimum atomic E-state index is -5.08. The van der Waals surface area contributed by atoms with Crippen LogP contribution in [0.4, 0.5) is 30.7 Å². The number of ether oxygens (including phenoxy) is 1. The van der Waals surface area contributed by atoms with Gasteiger partial charge >= 0.3 is 18.3 Å². The first-order chi connectivity index (χ1) is 21.6. The van der Waals surface area contributed by atoms with Gasteiger partial charge in [0.2, 0.25) is 15.9 Å². The van der Waals surface area contributed by atoms with E-state index in [1.807, 2.05) is 18.6 Å². The summed E-state index contributed by atoms with van der Waals surface area (Å²) in [5, 5.41) is 6.03. The fourth-order valence-electron chi connectivity index (χ4n) is 5.25. The molecule has 1 saturated heterocycles. The Bertz CT molecular complexity index is 1630. The van der Waals surface area contributed by atoms with Crippen LogP contribution in [0.1, 0.15) is 78.9 Å². The summed E-state index contributed by atoms with van der Waals surface area (Å²) >= 11 is 5.68. The van der Waals surface area contributed by atoms with Crippen LogP contribution in [0.15, 0.2) is 24.4 Å². The number of sulfonamides is 1. The van der Waals surface area contributed by atoms with Crippen LogP contribution in [0, 0.1) is 11.2 Å². The molecule has 260 valence electrons. The van der Waals surface area contributed by atoms with Crippen LogP contribution >= 0.6 is 11.6 Å². The smallest absolute Gasteiger partial charge is 0.475 e. The third-order valence-electron chi connectivity index (χ3n) is 7.93. The highest BCUT2D eigenvalue weighted by Crippen LogP contribution is 2.44. The van der Waals surface area contributed by atoms with E-state index in [1.54, 1.807) is 0 Å². The lowest BCUT2D eigenvalue weighted by Gasteiger charge is -2.44. The van der Waals surface area contributed by atoms with E-state index in [4.69, 9.17) is 26.2 Å². The second-order valence-corrected chi connectivity index (χ2v) is 14.7. The quantitative estimate of drug-likeness (QED) is 0.305. The van der Waals surface area contributed by atoms with E-state index in [0.29, 0.717) is 38.9 Å². The molecule has 1 unspecified atom stereocenters. The van der Waals surface area contributed by atoms with E-state index < -0.39 is 67.4 Å². The van der Waals surface area contributed by atoms with Gasteiger partial charge in [-0.25, -0.2) is 27.3 Å². The summed E-state index contributed by atoms with van der Waals surface area (Å²) < 4.78 is 119. The largest absolute Gasteiger partial charge is 0.490 e. The maximum Gasteiger partial charge on any atom is 0.490 e. The molecule has 1 aromatic carbocycles. The van der Waals surface area contributed by atoms with Gasteiger partial charge in [0.15, 0.2) is 0 Å². The van der Waals surface area contributed by atoms with Crippen molar-refractivity contribution in [3.8, 4) is 5.88 Å². The maximum absolute atomic E-state index is 15.1. The summed E-state index contributed by atoms with van der Waals surface area (Å²) in [6, 6.07) is 3.60. The fourth-order valence-corrected chi connectivity index (χ4v) is 6.75. The van der Waals surface area contributed by atoms with Crippen LogP contribution in [-0.2, 0) is 27.5 Å². The number of benzene rings is 1. The molecule has 1 aromatic heterocycles. The Hall–Kier alpha value is -3.18.